The molecule has 1 unspecified atom stereocenters. The van der Waals surface area contributed by atoms with Crippen molar-refractivity contribution in [3.63, 3.8) is 0 Å². The van der Waals surface area contributed by atoms with E-state index in [1.165, 1.54) is 0 Å². The van der Waals surface area contributed by atoms with Crippen LogP contribution in [0.15, 0.2) is 24.3 Å². The number of hydrogen-bond acceptors (Lipinski definition) is 4. The molecule has 1 N–H and O–H groups in total. The summed E-state index contributed by atoms with van der Waals surface area (Å²) in [5.41, 5.74) is 1.32. The van der Waals surface area contributed by atoms with E-state index in [9.17, 15) is 9.90 Å². The van der Waals surface area contributed by atoms with E-state index in [2.05, 4.69) is 0 Å². The lowest BCUT2D eigenvalue weighted by molar-refractivity contribution is -0.157. The Morgan fingerprint density at radius 1 is 1.29 bits per heavy atom. The van der Waals surface area contributed by atoms with Crippen molar-refractivity contribution in [3.8, 4) is 0 Å². The zero-order valence-electron chi connectivity index (χ0n) is 9.33. The van der Waals surface area contributed by atoms with Gasteiger partial charge in [0.1, 0.15) is 0 Å². The molecule has 90 valence electrons. The van der Waals surface area contributed by atoms with Gasteiger partial charge in [-0.1, -0.05) is 18.2 Å². The number of aliphatic hydroxyl groups is 1. The van der Waals surface area contributed by atoms with E-state index in [0.29, 0.717) is 5.56 Å². The normalized spacial score (nSPS) is 31.4. The van der Waals surface area contributed by atoms with Crippen LogP contribution in [0.2, 0.25) is 0 Å². The van der Waals surface area contributed by atoms with Crippen molar-refractivity contribution in [2.45, 2.75) is 37.8 Å². The molecule has 17 heavy (non-hydrogen) atoms. The second-order valence-corrected chi connectivity index (χ2v) is 4.50. The van der Waals surface area contributed by atoms with Gasteiger partial charge < -0.3 is 14.6 Å². The number of fused-ring (bicyclic) bond motifs is 1. The summed E-state index contributed by atoms with van der Waals surface area (Å²) in [4.78, 5) is 11.6. The topological polar surface area (TPSA) is 55.8 Å². The number of rotatable bonds is 2. The molecule has 1 aromatic carbocycles. The van der Waals surface area contributed by atoms with Crippen molar-refractivity contribution in [2.75, 3.05) is 0 Å². The number of ether oxygens (including phenoxy) is 2. The minimum Gasteiger partial charge on any atom is -0.428 e. The number of cyclic esters (lactones) is 1. The predicted molar refractivity (Wildman–Crippen MR) is 59.3 cm³/mol. The van der Waals surface area contributed by atoms with Gasteiger partial charge in [-0.15, -0.1) is 0 Å². The SMILES string of the molecule is O=C1OC(O[C@H]2CCC[C@H]2O)c2ccccc21. The lowest BCUT2D eigenvalue weighted by atomic mass is 10.1. The molecule has 0 aromatic heterocycles. The smallest absolute Gasteiger partial charge is 0.341 e. The summed E-state index contributed by atoms with van der Waals surface area (Å²) in [6, 6.07) is 7.20. The van der Waals surface area contributed by atoms with Gasteiger partial charge in [0.15, 0.2) is 0 Å². The molecule has 4 nitrogen and oxygen atoms in total. The van der Waals surface area contributed by atoms with E-state index in [0.717, 1.165) is 24.8 Å². The second-order valence-electron chi connectivity index (χ2n) is 4.50. The van der Waals surface area contributed by atoms with Crippen LogP contribution < -0.4 is 0 Å². The fraction of sp³-hybridized carbons (Fsp3) is 0.462. The highest BCUT2D eigenvalue weighted by molar-refractivity contribution is 5.93. The molecule has 1 aliphatic heterocycles. The Hall–Kier alpha value is -1.39. The highest BCUT2D eigenvalue weighted by atomic mass is 16.7. The van der Waals surface area contributed by atoms with E-state index < -0.39 is 12.4 Å². The Kier molecular flexibility index (Phi) is 2.61. The lowest BCUT2D eigenvalue weighted by Crippen LogP contribution is -2.25. The summed E-state index contributed by atoms with van der Waals surface area (Å²) >= 11 is 0. The highest BCUT2D eigenvalue weighted by Crippen LogP contribution is 2.35. The first-order valence-corrected chi connectivity index (χ1v) is 5.89. The van der Waals surface area contributed by atoms with E-state index in [1.807, 2.05) is 12.1 Å². The molecule has 3 atom stereocenters. The van der Waals surface area contributed by atoms with Crippen LogP contribution in [0.3, 0.4) is 0 Å². The minimum atomic E-state index is -0.656. The number of esters is 1. The Morgan fingerprint density at radius 3 is 2.88 bits per heavy atom. The van der Waals surface area contributed by atoms with Crippen molar-refractivity contribution < 1.29 is 19.4 Å². The molecule has 2 aliphatic rings. The summed E-state index contributed by atoms with van der Waals surface area (Å²) in [6.45, 7) is 0. The van der Waals surface area contributed by atoms with Crippen molar-refractivity contribution in [1.29, 1.82) is 0 Å². The van der Waals surface area contributed by atoms with Crippen LogP contribution in [0.1, 0.15) is 41.5 Å². The van der Waals surface area contributed by atoms with E-state index >= 15 is 0 Å². The van der Waals surface area contributed by atoms with Crippen molar-refractivity contribution in [3.05, 3.63) is 35.4 Å². The molecule has 1 fully saturated rings. The van der Waals surface area contributed by atoms with E-state index in [-0.39, 0.29) is 12.1 Å². The average molecular weight is 234 g/mol. The van der Waals surface area contributed by atoms with Crippen LogP contribution >= 0.6 is 0 Å². The summed E-state index contributed by atoms with van der Waals surface area (Å²) in [7, 11) is 0. The third kappa shape index (κ3) is 1.83. The standard InChI is InChI=1S/C13H14O4/c14-10-6-3-7-11(10)16-13-9-5-2-1-4-8(9)12(15)17-13/h1-2,4-5,10-11,13-14H,3,6-7H2/t10-,11+,13?/m1/s1. The molecule has 0 radical (unpaired) electrons. The molecular formula is C13H14O4. The molecule has 1 aliphatic carbocycles. The monoisotopic (exact) mass is 234 g/mol. The molecule has 0 amide bonds. The fourth-order valence-electron chi connectivity index (χ4n) is 2.44. The quantitative estimate of drug-likeness (QED) is 0.792. The third-order valence-corrected chi connectivity index (χ3v) is 3.36. The Balaban J connectivity index is 1.80. The van der Waals surface area contributed by atoms with Crippen molar-refractivity contribution >= 4 is 5.97 Å². The van der Waals surface area contributed by atoms with Crippen LogP contribution in [0.5, 0.6) is 0 Å². The molecule has 4 heteroatoms. The van der Waals surface area contributed by atoms with Gasteiger partial charge in [-0.2, -0.15) is 0 Å². The number of carbonyl (C=O) groups is 1. The van der Waals surface area contributed by atoms with Gasteiger partial charge in [0.25, 0.3) is 0 Å². The van der Waals surface area contributed by atoms with Gasteiger partial charge in [0, 0.05) is 5.56 Å². The van der Waals surface area contributed by atoms with Gasteiger partial charge in [0.2, 0.25) is 6.29 Å². The van der Waals surface area contributed by atoms with Gasteiger partial charge in [-0.25, -0.2) is 4.79 Å². The molecular weight excluding hydrogens is 220 g/mol. The Bertz CT molecular complexity index is 443. The molecule has 1 aromatic rings. The first-order valence-electron chi connectivity index (χ1n) is 5.89. The van der Waals surface area contributed by atoms with Gasteiger partial charge in [-0.3, -0.25) is 0 Å². The van der Waals surface area contributed by atoms with Gasteiger partial charge >= 0.3 is 5.97 Å². The highest BCUT2D eigenvalue weighted by Gasteiger charge is 2.36. The fourth-order valence-corrected chi connectivity index (χ4v) is 2.44. The number of carbonyl (C=O) groups excluding carboxylic acids is 1. The van der Waals surface area contributed by atoms with Crippen LogP contribution in [-0.4, -0.2) is 23.3 Å². The molecule has 1 saturated carbocycles. The van der Waals surface area contributed by atoms with E-state index in [1.54, 1.807) is 12.1 Å². The third-order valence-electron chi connectivity index (χ3n) is 3.36. The van der Waals surface area contributed by atoms with Crippen LogP contribution in [0, 0.1) is 0 Å². The Labute approximate surface area is 99.2 Å². The van der Waals surface area contributed by atoms with Crippen molar-refractivity contribution in [2.24, 2.45) is 0 Å². The summed E-state index contributed by atoms with van der Waals surface area (Å²) in [6.07, 6.45) is 1.20. The first kappa shape index (κ1) is 10.7. The number of benzene rings is 1. The molecule has 0 spiro atoms. The zero-order chi connectivity index (χ0) is 11.8. The zero-order valence-corrected chi connectivity index (χ0v) is 9.33. The minimum absolute atomic E-state index is 0.223. The number of aliphatic hydroxyl groups excluding tert-OH is 1. The largest absolute Gasteiger partial charge is 0.428 e. The molecule has 3 rings (SSSR count). The van der Waals surface area contributed by atoms with Crippen LogP contribution in [0.25, 0.3) is 0 Å². The van der Waals surface area contributed by atoms with Crippen LogP contribution in [-0.2, 0) is 9.47 Å². The van der Waals surface area contributed by atoms with E-state index in [4.69, 9.17) is 9.47 Å². The summed E-state index contributed by atoms with van der Waals surface area (Å²) in [5.74, 6) is -0.349. The number of hydrogen-bond donors (Lipinski definition) is 1. The molecule has 1 heterocycles. The maximum atomic E-state index is 11.6. The molecule has 0 saturated heterocycles. The first-order chi connectivity index (χ1) is 8.25. The molecule has 0 bridgehead atoms. The van der Waals surface area contributed by atoms with Crippen LogP contribution in [0.4, 0.5) is 0 Å². The summed E-state index contributed by atoms with van der Waals surface area (Å²) in [5, 5.41) is 9.70. The summed E-state index contributed by atoms with van der Waals surface area (Å²) < 4.78 is 10.9. The second kappa shape index (κ2) is 4.13. The lowest BCUT2D eigenvalue weighted by Gasteiger charge is -2.20. The van der Waals surface area contributed by atoms with Gasteiger partial charge in [0.05, 0.1) is 17.8 Å². The maximum Gasteiger partial charge on any atom is 0.341 e. The Morgan fingerprint density at radius 2 is 2.12 bits per heavy atom. The maximum absolute atomic E-state index is 11.6. The van der Waals surface area contributed by atoms with Gasteiger partial charge in [-0.05, 0) is 25.3 Å². The van der Waals surface area contributed by atoms with Crippen molar-refractivity contribution in [1.82, 2.24) is 0 Å². The predicted octanol–water partition coefficient (Wildman–Crippen LogP) is 1.79. The average Bonchev–Trinajstić information content (AvgIpc) is 2.87.